The van der Waals surface area contributed by atoms with Crippen molar-refractivity contribution in [2.45, 2.75) is 31.8 Å². The number of benzene rings is 1. The number of rotatable bonds is 8. The zero-order chi connectivity index (χ0) is 17.9. The lowest BCUT2D eigenvalue weighted by Gasteiger charge is -2.34. The van der Waals surface area contributed by atoms with Gasteiger partial charge in [-0.3, -0.25) is 4.99 Å². The Kier molecular flexibility index (Phi) is 8.69. The molecule has 6 heteroatoms. The number of ether oxygens (including phenoxy) is 2. The Labute approximate surface area is 150 Å². The molecular formula is C19H30FN3O2. The predicted octanol–water partition coefficient (Wildman–Crippen LogP) is 2.46. The van der Waals surface area contributed by atoms with Gasteiger partial charge in [-0.2, -0.15) is 0 Å². The van der Waals surface area contributed by atoms with Gasteiger partial charge >= 0.3 is 0 Å². The maximum Gasteiger partial charge on any atom is 0.193 e. The lowest BCUT2D eigenvalue weighted by atomic mass is 10.1. The van der Waals surface area contributed by atoms with E-state index in [2.05, 4.69) is 15.2 Å². The third kappa shape index (κ3) is 6.63. The molecular weight excluding hydrogens is 321 g/mol. The van der Waals surface area contributed by atoms with Crippen molar-refractivity contribution in [3.8, 4) is 0 Å². The molecule has 1 N–H and O–H groups in total. The summed E-state index contributed by atoms with van der Waals surface area (Å²) >= 11 is 0. The highest BCUT2D eigenvalue weighted by Crippen LogP contribution is 2.14. The van der Waals surface area contributed by atoms with E-state index in [0.29, 0.717) is 19.1 Å². The molecule has 0 spiro atoms. The summed E-state index contributed by atoms with van der Waals surface area (Å²) in [5.41, 5.74) is 0.730. The van der Waals surface area contributed by atoms with Crippen LogP contribution in [0.1, 0.15) is 24.8 Å². The second-order valence-electron chi connectivity index (χ2n) is 6.22. The summed E-state index contributed by atoms with van der Waals surface area (Å²) in [6, 6.07) is 6.91. The van der Waals surface area contributed by atoms with Crippen molar-refractivity contribution in [2.75, 3.05) is 47.0 Å². The lowest BCUT2D eigenvalue weighted by molar-refractivity contribution is 0.00991. The molecule has 1 fully saturated rings. The zero-order valence-electron chi connectivity index (χ0n) is 15.3. The molecule has 5 nitrogen and oxygen atoms in total. The van der Waals surface area contributed by atoms with Crippen LogP contribution in [0.2, 0.25) is 0 Å². The Morgan fingerprint density at radius 1 is 1.28 bits per heavy atom. The fourth-order valence-corrected chi connectivity index (χ4v) is 3.03. The Hall–Kier alpha value is -1.66. The van der Waals surface area contributed by atoms with E-state index in [0.717, 1.165) is 57.1 Å². The average molecular weight is 351 g/mol. The number of guanidine groups is 1. The summed E-state index contributed by atoms with van der Waals surface area (Å²) in [5.74, 6) is 0.736. The first kappa shape index (κ1) is 19.7. The normalized spacial score (nSPS) is 16.3. The molecule has 0 saturated carbocycles. The number of hydrogen-bond acceptors (Lipinski definition) is 3. The third-order valence-electron chi connectivity index (χ3n) is 4.43. The van der Waals surface area contributed by atoms with Crippen molar-refractivity contribution < 1.29 is 13.9 Å². The fraction of sp³-hybridized carbons (Fsp3) is 0.632. The fourth-order valence-electron chi connectivity index (χ4n) is 3.03. The van der Waals surface area contributed by atoms with Crippen LogP contribution in [0, 0.1) is 5.82 Å². The van der Waals surface area contributed by atoms with E-state index in [1.807, 2.05) is 12.1 Å². The highest BCUT2D eigenvalue weighted by Gasteiger charge is 2.21. The van der Waals surface area contributed by atoms with Crippen LogP contribution in [-0.2, 0) is 15.9 Å². The number of likely N-dealkylation sites (tertiary alicyclic amines) is 1. The maximum atomic E-state index is 13.7. The van der Waals surface area contributed by atoms with Gasteiger partial charge in [0, 0.05) is 47.0 Å². The van der Waals surface area contributed by atoms with E-state index in [9.17, 15) is 4.39 Å². The maximum absolute atomic E-state index is 13.7. The molecule has 0 aromatic heterocycles. The SMILES string of the molecule is CN=C(NCCc1ccccc1F)N1CCC(OCCCOC)CC1. The van der Waals surface area contributed by atoms with E-state index >= 15 is 0 Å². The van der Waals surface area contributed by atoms with Gasteiger partial charge in [0.05, 0.1) is 6.10 Å². The van der Waals surface area contributed by atoms with Crippen LogP contribution in [0.4, 0.5) is 4.39 Å². The highest BCUT2D eigenvalue weighted by molar-refractivity contribution is 5.79. The van der Waals surface area contributed by atoms with Crippen LogP contribution in [0.5, 0.6) is 0 Å². The van der Waals surface area contributed by atoms with E-state index in [4.69, 9.17) is 9.47 Å². The summed E-state index contributed by atoms with van der Waals surface area (Å²) in [5, 5.41) is 3.34. The van der Waals surface area contributed by atoms with Crippen molar-refractivity contribution in [1.82, 2.24) is 10.2 Å². The quantitative estimate of drug-likeness (QED) is 0.444. The molecule has 25 heavy (non-hydrogen) atoms. The third-order valence-corrected chi connectivity index (χ3v) is 4.43. The van der Waals surface area contributed by atoms with E-state index in [1.165, 1.54) is 6.07 Å². The predicted molar refractivity (Wildman–Crippen MR) is 98.5 cm³/mol. The zero-order valence-corrected chi connectivity index (χ0v) is 15.3. The van der Waals surface area contributed by atoms with Crippen LogP contribution < -0.4 is 5.32 Å². The Morgan fingerprint density at radius 3 is 2.72 bits per heavy atom. The second kappa shape index (κ2) is 11.1. The number of piperidine rings is 1. The number of aliphatic imine (C=N–C) groups is 1. The van der Waals surface area contributed by atoms with Crippen molar-refractivity contribution in [3.63, 3.8) is 0 Å². The van der Waals surface area contributed by atoms with E-state index in [1.54, 1.807) is 20.2 Å². The second-order valence-corrected chi connectivity index (χ2v) is 6.22. The summed E-state index contributed by atoms with van der Waals surface area (Å²) in [6.45, 7) is 4.02. The molecule has 1 saturated heterocycles. The van der Waals surface area contributed by atoms with Gasteiger partial charge < -0.3 is 19.7 Å². The number of hydrogen-bond donors (Lipinski definition) is 1. The molecule has 1 aliphatic heterocycles. The van der Waals surface area contributed by atoms with Gasteiger partial charge in [-0.15, -0.1) is 0 Å². The van der Waals surface area contributed by atoms with Gasteiger partial charge in [-0.05, 0) is 37.3 Å². The van der Waals surface area contributed by atoms with Crippen LogP contribution in [0.15, 0.2) is 29.3 Å². The standard InChI is InChI=1S/C19H30FN3O2/c1-21-19(22-11-8-16-6-3-4-7-18(16)20)23-12-9-17(10-13-23)25-15-5-14-24-2/h3-4,6-7,17H,5,8-15H2,1-2H3,(H,21,22). The molecule has 0 unspecified atom stereocenters. The van der Waals surface area contributed by atoms with Gasteiger partial charge in [0.25, 0.3) is 0 Å². The Balaban J connectivity index is 1.69. The van der Waals surface area contributed by atoms with Crippen molar-refractivity contribution >= 4 is 5.96 Å². The molecule has 0 aliphatic carbocycles. The topological polar surface area (TPSA) is 46.1 Å². The smallest absolute Gasteiger partial charge is 0.193 e. The van der Waals surface area contributed by atoms with Gasteiger partial charge in [-0.1, -0.05) is 18.2 Å². The largest absolute Gasteiger partial charge is 0.385 e. The molecule has 0 amide bonds. The molecule has 1 heterocycles. The minimum atomic E-state index is -0.147. The van der Waals surface area contributed by atoms with Crippen molar-refractivity contribution in [1.29, 1.82) is 0 Å². The van der Waals surface area contributed by atoms with E-state index in [-0.39, 0.29) is 5.82 Å². The molecule has 0 bridgehead atoms. The Bertz CT molecular complexity index is 531. The molecule has 140 valence electrons. The van der Waals surface area contributed by atoms with Crippen molar-refractivity contribution in [2.24, 2.45) is 4.99 Å². The molecule has 0 atom stereocenters. The molecule has 1 aliphatic rings. The van der Waals surface area contributed by atoms with Crippen molar-refractivity contribution in [3.05, 3.63) is 35.6 Å². The molecule has 2 rings (SSSR count). The monoisotopic (exact) mass is 351 g/mol. The van der Waals surface area contributed by atoms with Crippen LogP contribution in [0.25, 0.3) is 0 Å². The van der Waals surface area contributed by atoms with Gasteiger partial charge in [0.15, 0.2) is 5.96 Å². The van der Waals surface area contributed by atoms with Crippen LogP contribution >= 0.6 is 0 Å². The molecule has 1 aromatic rings. The minimum Gasteiger partial charge on any atom is -0.385 e. The van der Waals surface area contributed by atoms with Crippen LogP contribution in [-0.4, -0.2) is 64.0 Å². The number of nitrogens with one attached hydrogen (secondary N) is 1. The summed E-state index contributed by atoms with van der Waals surface area (Å²) in [4.78, 5) is 6.60. The average Bonchev–Trinajstić information content (AvgIpc) is 2.64. The highest BCUT2D eigenvalue weighted by atomic mass is 19.1. The first-order valence-electron chi connectivity index (χ1n) is 9.04. The molecule has 0 radical (unpaired) electrons. The first-order valence-corrected chi connectivity index (χ1v) is 9.04. The minimum absolute atomic E-state index is 0.147. The van der Waals surface area contributed by atoms with Crippen LogP contribution in [0.3, 0.4) is 0 Å². The molecule has 1 aromatic carbocycles. The Morgan fingerprint density at radius 2 is 2.04 bits per heavy atom. The number of halogens is 1. The van der Waals surface area contributed by atoms with Gasteiger partial charge in [0.1, 0.15) is 5.82 Å². The lowest BCUT2D eigenvalue weighted by Crippen LogP contribution is -2.47. The summed E-state index contributed by atoms with van der Waals surface area (Å²) < 4.78 is 24.6. The van der Waals surface area contributed by atoms with Gasteiger partial charge in [0.2, 0.25) is 0 Å². The summed E-state index contributed by atoms with van der Waals surface area (Å²) in [7, 11) is 3.50. The first-order chi connectivity index (χ1) is 12.2. The summed E-state index contributed by atoms with van der Waals surface area (Å²) in [6.07, 6.45) is 3.91. The van der Waals surface area contributed by atoms with Gasteiger partial charge in [-0.25, -0.2) is 4.39 Å². The number of nitrogens with zero attached hydrogens (tertiary/aromatic N) is 2. The number of methoxy groups -OCH3 is 1. The van der Waals surface area contributed by atoms with E-state index < -0.39 is 0 Å².